The third kappa shape index (κ3) is 9.83. The molecule has 0 radical (unpaired) electrons. The molecule has 0 aromatic carbocycles. The van der Waals surface area contributed by atoms with Crippen LogP contribution in [0.3, 0.4) is 0 Å². The van der Waals surface area contributed by atoms with Gasteiger partial charge in [-0.3, -0.25) is 0 Å². The van der Waals surface area contributed by atoms with E-state index in [4.69, 9.17) is 5.73 Å². The van der Waals surface area contributed by atoms with Crippen molar-refractivity contribution in [2.45, 2.75) is 13.3 Å². The van der Waals surface area contributed by atoms with Gasteiger partial charge in [0.25, 0.3) is 0 Å². The van der Waals surface area contributed by atoms with Gasteiger partial charge in [-0.25, -0.2) is 0 Å². The molecule has 50 valence electrons. The summed E-state index contributed by atoms with van der Waals surface area (Å²) in [6.07, 6.45) is 1.14. The minimum Gasteiger partial charge on any atom is -0.385 e. The molecule has 0 bridgehead atoms. The topological polar surface area (TPSA) is 26.0 Å². The fraction of sp³-hybridized carbons (Fsp3) is 0.750. The van der Waals surface area contributed by atoms with Gasteiger partial charge in [0.05, 0.1) is 0 Å². The lowest BCUT2D eigenvalue weighted by atomic mass is 10.6. The van der Waals surface area contributed by atoms with Crippen molar-refractivity contribution in [2.24, 2.45) is 5.73 Å². The van der Waals surface area contributed by atoms with Crippen LogP contribution in [0.5, 0.6) is 0 Å². The molecule has 0 saturated heterocycles. The highest BCUT2D eigenvalue weighted by molar-refractivity contribution is 8.22. The van der Waals surface area contributed by atoms with E-state index < -0.39 is 0 Å². The summed E-state index contributed by atoms with van der Waals surface area (Å²) in [5, 5.41) is 0. The molecular formula is C4H12NPS2. The number of hydrogen-bond acceptors (Lipinski definition) is 2. The summed E-state index contributed by atoms with van der Waals surface area (Å²) in [7, 11) is 0. The molecule has 8 heavy (non-hydrogen) atoms. The van der Waals surface area contributed by atoms with E-state index in [9.17, 15) is 0 Å². The summed E-state index contributed by atoms with van der Waals surface area (Å²) >= 11 is 6.14. The minimum atomic E-state index is 0. The van der Waals surface area contributed by atoms with E-state index in [0.29, 0.717) is 4.32 Å². The van der Waals surface area contributed by atoms with Crippen LogP contribution in [0.2, 0.25) is 0 Å². The average Bonchev–Trinajstić information content (AvgIpc) is 1.61. The first-order chi connectivity index (χ1) is 3.27. The SMILES string of the molecule is CCCSC(N)=S.P. The second kappa shape index (κ2) is 7.67. The Bertz CT molecular complexity index is 67.1. The molecule has 0 amide bonds. The van der Waals surface area contributed by atoms with Crippen LogP contribution in [-0.2, 0) is 0 Å². The molecule has 1 nitrogen and oxygen atoms in total. The van der Waals surface area contributed by atoms with Gasteiger partial charge in [-0.1, -0.05) is 30.9 Å². The Morgan fingerprint density at radius 1 is 1.75 bits per heavy atom. The maximum Gasteiger partial charge on any atom is 0.131 e. The summed E-state index contributed by atoms with van der Waals surface area (Å²) in [5.41, 5.74) is 5.17. The van der Waals surface area contributed by atoms with Crippen molar-refractivity contribution in [3.05, 3.63) is 0 Å². The van der Waals surface area contributed by atoms with E-state index in [1.807, 2.05) is 0 Å². The van der Waals surface area contributed by atoms with Crippen LogP contribution >= 0.6 is 33.9 Å². The van der Waals surface area contributed by atoms with Crippen LogP contribution in [0.1, 0.15) is 13.3 Å². The van der Waals surface area contributed by atoms with Gasteiger partial charge in [0.1, 0.15) is 4.32 Å². The summed E-state index contributed by atoms with van der Waals surface area (Å²) in [4.78, 5) is 0. The molecule has 0 saturated carbocycles. The lowest BCUT2D eigenvalue weighted by Crippen LogP contribution is -2.01. The molecule has 0 aromatic heterocycles. The molecule has 0 aliphatic carbocycles. The van der Waals surface area contributed by atoms with Gasteiger partial charge in [-0.05, 0) is 12.2 Å². The molecule has 0 fully saturated rings. The van der Waals surface area contributed by atoms with Crippen molar-refractivity contribution in [3.8, 4) is 0 Å². The molecule has 0 aliphatic rings. The number of thioether (sulfide) groups is 1. The van der Waals surface area contributed by atoms with Gasteiger partial charge < -0.3 is 5.73 Å². The maximum atomic E-state index is 5.17. The van der Waals surface area contributed by atoms with Gasteiger partial charge >= 0.3 is 0 Å². The average molecular weight is 169 g/mol. The predicted molar refractivity (Wildman–Crippen MR) is 50.6 cm³/mol. The number of thiocarbonyl (C=S) groups is 1. The van der Waals surface area contributed by atoms with Crippen LogP contribution in [-0.4, -0.2) is 10.1 Å². The Labute approximate surface area is 63.4 Å². The molecule has 1 atom stereocenters. The molecule has 0 aromatic rings. The van der Waals surface area contributed by atoms with Crippen molar-refractivity contribution in [1.82, 2.24) is 0 Å². The Balaban J connectivity index is 0. The highest BCUT2D eigenvalue weighted by Gasteiger charge is 1.84. The standard InChI is InChI=1S/C4H9NS2.H3P/c1-2-3-7-4(5)6;/h2-3H2,1H3,(H2,5,6);1H3. The van der Waals surface area contributed by atoms with E-state index in [-0.39, 0.29) is 9.90 Å². The zero-order valence-corrected chi connectivity index (χ0v) is 8.06. The van der Waals surface area contributed by atoms with Crippen LogP contribution in [0.15, 0.2) is 0 Å². The molecule has 0 rings (SSSR count). The van der Waals surface area contributed by atoms with Crippen LogP contribution in [0.25, 0.3) is 0 Å². The van der Waals surface area contributed by atoms with Crippen molar-refractivity contribution in [3.63, 3.8) is 0 Å². The molecular weight excluding hydrogens is 157 g/mol. The fourth-order valence-corrected chi connectivity index (χ4v) is 0.858. The molecule has 0 spiro atoms. The predicted octanol–water partition coefficient (Wildman–Crippen LogP) is 1.43. The van der Waals surface area contributed by atoms with Gasteiger partial charge in [0.2, 0.25) is 0 Å². The summed E-state index contributed by atoms with van der Waals surface area (Å²) in [6.45, 7) is 2.10. The lowest BCUT2D eigenvalue weighted by molar-refractivity contribution is 1.11. The van der Waals surface area contributed by atoms with E-state index in [1.165, 1.54) is 0 Å². The second-order valence-corrected chi connectivity index (χ2v) is 3.00. The summed E-state index contributed by atoms with van der Waals surface area (Å²) in [5.74, 6) is 1.05. The molecule has 1 unspecified atom stereocenters. The van der Waals surface area contributed by atoms with E-state index in [2.05, 4.69) is 19.1 Å². The van der Waals surface area contributed by atoms with Crippen molar-refractivity contribution < 1.29 is 0 Å². The maximum absolute atomic E-state index is 5.17. The quantitative estimate of drug-likeness (QED) is 0.500. The zero-order valence-electron chi connectivity index (χ0n) is 5.02. The van der Waals surface area contributed by atoms with Crippen molar-refractivity contribution in [2.75, 3.05) is 5.75 Å². The van der Waals surface area contributed by atoms with E-state index >= 15 is 0 Å². The summed E-state index contributed by atoms with van der Waals surface area (Å²) < 4.78 is 0.557. The Hall–Kier alpha value is 0.670. The Morgan fingerprint density at radius 3 is 2.38 bits per heavy atom. The van der Waals surface area contributed by atoms with E-state index in [1.54, 1.807) is 11.8 Å². The molecule has 2 N–H and O–H groups in total. The molecule has 0 heterocycles. The van der Waals surface area contributed by atoms with Crippen LogP contribution < -0.4 is 5.73 Å². The summed E-state index contributed by atoms with van der Waals surface area (Å²) in [6, 6.07) is 0. The van der Waals surface area contributed by atoms with Gasteiger partial charge in [0, 0.05) is 0 Å². The third-order valence-corrected chi connectivity index (χ3v) is 1.70. The van der Waals surface area contributed by atoms with Crippen LogP contribution in [0.4, 0.5) is 0 Å². The number of rotatable bonds is 2. The molecule has 0 aliphatic heterocycles. The highest BCUT2D eigenvalue weighted by Crippen LogP contribution is 1.99. The Kier molecular flexibility index (Phi) is 11.0. The number of nitrogens with two attached hydrogens (primary N) is 1. The lowest BCUT2D eigenvalue weighted by Gasteiger charge is -1.90. The minimum absolute atomic E-state index is 0. The first-order valence-corrected chi connectivity index (χ1v) is 3.59. The van der Waals surface area contributed by atoms with Gasteiger partial charge in [-0.15, -0.1) is 0 Å². The zero-order chi connectivity index (χ0) is 5.70. The first kappa shape index (κ1) is 11.5. The van der Waals surface area contributed by atoms with Crippen LogP contribution in [0, 0.1) is 0 Å². The Morgan fingerprint density at radius 2 is 2.25 bits per heavy atom. The smallest absolute Gasteiger partial charge is 0.131 e. The fourth-order valence-electron chi connectivity index (χ4n) is 0.203. The van der Waals surface area contributed by atoms with Crippen molar-refractivity contribution in [1.29, 1.82) is 0 Å². The third-order valence-electron chi connectivity index (χ3n) is 0.448. The first-order valence-electron chi connectivity index (χ1n) is 2.19. The number of hydrogen-bond donors (Lipinski definition) is 1. The monoisotopic (exact) mass is 169 g/mol. The van der Waals surface area contributed by atoms with Gasteiger partial charge in [0.15, 0.2) is 0 Å². The molecule has 4 heteroatoms. The van der Waals surface area contributed by atoms with Crippen molar-refractivity contribution >= 4 is 38.2 Å². The largest absolute Gasteiger partial charge is 0.385 e. The second-order valence-electron chi connectivity index (χ2n) is 1.17. The van der Waals surface area contributed by atoms with E-state index in [0.717, 1.165) is 12.2 Å². The van der Waals surface area contributed by atoms with Gasteiger partial charge in [-0.2, -0.15) is 9.90 Å². The highest BCUT2D eigenvalue weighted by atomic mass is 32.2. The normalized spacial score (nSPS) is 7.62.